The van der Waals surface area contributed by atoms with E-state index in [-0.39, 0.29) is 11.3 Å². The normalized spacial score (nSPS) is 10.6. The van der Waals surface area contributed by atoms with Crippen LogP contribution in [0.3, 0.4) is 0 Å². The summed E-state index contributed by atoms with van der Waals surface area (Å²) < 4.78 is 2.77. The number of benzene rings is 1. The van der Waals surface area contributed by atoms with E-state index in [9.17, 15) is 9.59 Å². The molecule has 10 heteroatoms. The zero-order valence-electron chi connectivity index (χ0n) is 16.3. The molecule has 3 heterocycles. The Hall–Kier alpha value is -4.34. The Labute approximate surface area is 171 Å². The standard InChI is InChI=1S/C20H18N8O2/c1-13-22-17(12-18(23-13)28-11-3-10-21-28)24-14-4-6-15(7-5-14)25-20(30)16-8-9-19(29)27(2)26-16/h3-12H,1-2H3,(H,25,30)(H,22,23,24). The van der Waals surface area contributed by atoms with Crippen LogP contribution in [0.25, 0.3) is 5.82 Å². The predicted octanol–water partition coefficient (Wildman–Crippen LogP) is 2.06. The summed E-state index contributed by atoms with van der Waals surface area (Å²) in [5.74, 6) is 1.49. The van der Waals surface area contributed by atoms with E-state index in [4.69, 9.17) is 0 Å². The minimum Gasteiger partial charge on any atom is -0.340 e. The van der Waals surface area contributed by atoms with Crippen LogP contribution in [-0.2, 0) is 7.05 Å². The number of rotatable bonds is 5. The zero-order valence-corrected chi connectivity index (χ0v) is 16.3. The SMILES string of the molecule is Cc1nc(Nc2ccc(NC(=O)c3ccc(=O)n(C)n3)cc2)cc(-n2cccn2)n1. The molecule has 0 fully saturated rings. The van der Waals surface area contributed by atoms with Gasteiger partial charge in [-0.2, -0.15) is 10.2 Å². The van der Waals surface area contributed by atoms with Crippen molar-refractivity contribution in [2.45, 2.75) is 6.92 Å². The summed E-state index contributed by atoms with van der Waals surface area (Å²) in [4.78, 5) is 32.5. The molecule has 4 rings (SSSR count). The van der Waals surface area contributed by atoms with Crippen molar-refractivity contribution in [1.29, 1.82) is 0 Å². The van der Waals surface area contributed by atoms with Gasteiger partial charge in [-0.25, -0.2) is 19.3 Å². The van der Waals surface area contributed by atoms with Gasteiger partial charge in [0.05, 0.1) is 0 Å². The molecule has 0 saturated heterocycles. The first kappa shape index (κ1) is 19.0. The molecule has 0 aliphatic heterocycles. The van der Waals surface area contributed by atoms with Crippen molar-refractivity contribution in [2.24, 2.45) is 7.05 Å². The molecule has 0 saturated carbocycles. The molecule has 2 N–H and O–H groups in total. The van der Waals surface area contributed by atoms with Crippen LogP contribution < -0.4 is 16.2 Å². The van der Waals surface area contributed by atoms with Gasteiger partial charge in [0, 0.05) is 42.9 Å². The molecule has 30 heavy (non-hydrogen) atoms. The average molecular weight is 402 g/mol. The molecule has 4 aromatic rings. The third-order valence-electron chi connectivity index (χ3n) is 4.17. The number of carbonyl (C=O) groups is 1. The van der Waals surface area contributed by atoms with Crippen molar-refractivity contribution in [3.63, 3.8) is 0 Å². The third kappa shape index (κ3) is 4.22. The topological polar surface area (TPSA) is 120 Å². The fourth-order valence-electron chi connectivity index (χ4n) is 2.74. The minimum atomic E-state index is -0.401. The lowest BCUT2D eigenvalue weighted by Crippen LogP contribution is -2.23. The number of hydrogen-bond acceptors (Lipinski definition) is 7. The molecule has 0 spiro atoms. The van der Waals surface area contributed by atoms with Gasteiger partial charge >= 0.3 is 0 Å². The van der Waals surface area contributed by atoms with Gasteiger partial charge < -0.3 is 10.6 Å². The van der Waals surface area contributed by atoms with Crippen LogP contribution in [0.5, 0.6) is 0 Å². The number of amides is 1. The lowest BCUT2D eigenvalue weighted by molar-refractivity contribution is 0.102. The molecule has 150 valence electrons. The number of anilines is 3. The third-order valence-corrected chi connectivity index (χ3v) is 4.17. The number of aromatic nitrogens is 6. The number of carbonyl (C=O) groups excluding carboxylic acids is 1. The number of aryl methyl sites for hydroxylation is 2. The lowest BCUT2D eigenvalue weighted by Gasteiger charge is -2.10. The van der Waals surface area contributed by atoms with Gasteiger partial charge in [0.25, 0.3) is 11.5 Å². The van der Waals surface area contributed by atoms with Gasteiger partial charge in [-0.05, 0) is 43.3 Å². The first-order chi connectivity index (χ1) is 14.5. The number of nitrogens with one attached hydrogen (secondary N) is 2. The molecule has 3 aromatic heterocycles. The van der Waals surface area contributed by atoms with Gasteiger partial charge in [-0.15, -0.1) is 0 Å². The molecule has 1 amide bonds. The fraction of sp³-hybridized carbons (Fsp3) is 0.100. The lowest BCUT2D eigenvalue weighted by atomic mass is 10.2. The van der Waals surface area contributed by atoms with Crippen LogP contribution in [0.1, 0.15) is 16.3 Å². The van der Waals surface area contributed by atoms with Gasteiger partial charge in [0.1, 0.15) is 17.3 Å². The molecule has 1 aromatic carbocycles. The molecule has 0 radical (unpaired) electrons. The summed E-state index contributed by atoms with van der Waals surface area (Å²) in [7, 11) is 1.49. The van der Waals surface area contributed by atoms with Gasteiger partial charge in [0.2, 0.25) is 0 Å². The summed E-state index contributed by atoms with van der Waals surface area (Å²) in [5.41, 5.74) is 1.26. The highest BCUT2D eigenvalue weighted by Gasteiger charge is 2.09. The Morgan fingerprint density at radius 3 is 2.50 bits per heavy atom. The quantitative estimate of drug-likeness (QED) is 0.524. The van der Waals surface area contributed by atoms with Crippen molar-refractivity contribution < 1.29 is 4.79 Å². The highest BCUT2D eigenvalue weighted by atomic mass is 16.2. The molecule has 0 aliphatic carbocycles. The summed E-state index contributed by atoms with van der Waals surface area (Å²) >= 11 is 0. The molecular weight excluding hydrogens is 384 g/mol. The fourth-order valence-corrected chi connectivity index (χ4v) is 2.74. The Bertz CT molecular complexity index is 1250. The van der Waals surface area contributed by atoms with Gasteiger partial charge in [0.15, 0.2) is 5.82 Å². The van der Waals surface area contributed by atoms with Crippen LogP contribution in [0.2, 0.25) is 0 Å². The maximum absolute atomic E-state index is 12.3. The molecule has 0 atom stereocenters. The Balaban J connectivity index is 1.47. The van der Waals surface area contributed by atoms with Crippen LogP contribution in [-0.4, -0.2) is 35.4 Å². The average Bonchev–Trinajstić information content (AvgIpc) is 3.26. The predicted molar refractivity (Wildman–Crippen MR) is 111 cm³/mol. The molecule has 0 bridgehead atoms. The van der Waals surface area contributed by atoms with Gasteiger partial charge in [-0.3, -0.25) is 9.59 Å². The Kier molecular flexibility index (Phi) is 5.04. The van der Waals surface area contributed by atoms with Crippen molar-refractivity contribution in [2.75, 3.05) is 10.6 Å². The first-order valence-corrected chi connectivity index (χ1v) is 9.06. The second-order valence-electron chi connectivity index (χ2n) is 6.45. The summed E-state index contributed by atoms with van der Waals surface area (Å²) in [6, 6.07) is 13.4. The maximum Gasteiger partial charge on any atom is 0.276 e. The van der Waals surface area contributed by atoms with Crippen LogP contribution in [0.15, 0.2) is 65.7 Å². The van der Waals surface area contributed by atoms with E-state index in [0.29, 0.717) is 23.1 Å². The van der Waals surface area contributed by atoms with Crippen molar-refractivity contribution in [3.8, 4) is 5.82 Å². The Morgan fingerprint density at radius 1 is 1.03 bits per heavy atom. The van der Waals surface area contributed by atoms with E-state index in [1.54, 1.807) is 29.1 Å². The van der Waals surface area contributed by atoms with Crippen molar-refractivity contribution in [3.05, 3.63) is 82.8 Å². The zero-order chi connectivity index (χ0) is 21.1. The first-order valence-electron chi connectivity index (χ1n) is 9.06. The molecule has 0 unspecified atom stereocenters. The highest BCUT2D eigenvalue weighted by molar-refractivity contribution is 6.02. The van der Waals surface area contributed by atoms with Crippen molar-refractivity contribution in [1.82, 2.24) is 29.5 Å². The Morgan fingerprint density at radius 2 is 1.80 bits per heavy atom. The van der Waals surface area contributed by atoms with E-state index in [0.717, 1.165) is 10.4 Å². The smallest absolute Gasteiger partial charge is 0.276 e. The largest absolute Gasteiger partial charge is 0.340 e. The van der Waals surface area contributed by atoms with E-state index in [1.165, 1.54) is 19.2 Å². The second-order valence-corrected chi connectivity index (χ2v) is 6.45. The van der Waals surface area contributed by atoms with E-state index < -0.39 is 5.91 Å². The molecule has 0 aliphatic rings. The molecule has 10 nitrogen and oxygen atoms in total. The highest BCUT2D eigenvalue weighted by Crippen LogP contribution is 2.19. The summed E-state index contributed by atoms with van der Waals surface area (Å²) in [6.45, 7) is 1.81. The van der Waals surface area contributed by atoms with E-state index in [2.05, 4.69) is 30.8 Å². The van der Waals surface area contributed by atoms with E-state index >= 15 is 0 Å². The maximum atomic E-state index is 12.3. The monoisotopic (exact) mass is 402 g/mol. The second kappa shape index (κ2) is 7.95. The molecular formula is C20H18N8O2. The van der Waals surface area contributed by atoms with Crippen molar-refractivity contribution >= 4 is 23.1 Å². The summed E-state index contributed by atoms with van der Waals surface area (Å²) in [6.07, 6.45) is 3.49. The number of nitrogens with zero attached hydrogens (tertiary/aromatic N) is 6. The van der Waals surface area contributed by atoms with Gasteiger partial charge in [-0.1, -0.05) is 0 Å². The number of hydrogen-bond donors (Lipinski definition) is 2. The minimum absolute atomic E-state index is 0.155. The summed E-state index contributed by atoms with van der Waals surface area (Å²) in [5, 5.41) is 14.1. The van der Waals surface area contributed by atoms with Crippen LogP contribution >= 0.6 is 0 Å². The van der Waals surface area contributed by atoms with Crippen LogP contribution in [0, 0.1) is 6.92 Å². The van der Waals surface area contributed by atoms with Crippen LogP contribution in [0.4, 0.5) is 17.2 Å². The van der Waals surface area contributed by atoms with E-state index in [1.807, 2.05) is 31.3 Å².